The zero-order valence-corrected chi connectivity index (χ0v) is 20.6. The van der Waals surface area contributed by atoms with E-state index < -0.39 is 5.97 Å². The van der Waals surface area contributed by atoms with Crippen molar-refractivity contribution in [3.05, 3.63) is 95.4 Å². The molecular weight excluding hydrogens is 472 g/mol. The zero-order chi connectivity index (χ0) is 25.6. The number of fused-ring (bicyclic) bond motifs is 1. The van der Waals surface area contributed by atoms with Crippen molar-refractivity contribution in [2.75, 3.05) is 19.9 Å². The van der Waals surface area contributed by atoms with Gasteiger partial charge in [-0.1, -0.05) is 36.4 Å². The number of aliphatic carboxylic acids is 1. The number of aromatic nitrogens is 1. The van der Waals surface area contributed by atoms with Crippen LogP contribution >= 0.6 is 0 Å². The van der Waals surface area contributed by atoms with Crippen molar-refractivity contribution < 1.29 is 28.5 Å². The summed E-state index contributed by atoms with van der Waals surface area (Å²) in [6.07, 6.45) is 0.631. The number of hydrogen-bond donors (Lipinski definition) is 1. The molecular formula is C29H28N2O6. The molecule has 3 aromatic carbocycles. The molecule has 1 aliphatic heterocycles. The molecule has 0 saturated heterocycles. The van der Waals surface area contributed by atoms with Crippen molar-refractivity contribution in [3.63, 3.8) is 0 Å². The van der Waals surface area contributed by atoms with Gasteiger partial charge in [0.05, 0.1) is 18.8 Å². The van der Waals surface area contributed by atoms with Crippen LogP contribution in [0.15, 0.2) is 77.2 Å². The van der Waals surface area contributed by atoms with Gasteiger partial charge in [0, 0.05) is 25.1 Å². The first-order chi connectivity index (χ1) is 18.0. The molecule has 0 bridgehead atoms. The Balaban J connectivity index is 1.16. The van der Waals surface area contributed by atoms with E-state index in [-0.39, 0.29) is 13.3 Å². The van der Waals surface area contributed by atoms with E-state index in [1.54, 1.807) is 0 Å². The van der Waals surface area contributed by atoms with Gasteiger partial charge in [-0.3, -0.25) is 9.69 Å². The molecule has 5 rings (SSSR count). The molecule has 1 aliphatic rings. The molecule has 0 unspecified atom stereocenters. The van der Waals surface area contributed by atoms with Crippen LogP contribution in [0.5, 0.6) is 17.2 Å². The molecule has 37 heavy (non-hydrogen) atoms. The molecule has 8 nitrogen and oxygen atoms in total. The summed E-state index contributed by atoms with van der Waals surface area (Å²) in [4.78, 5) is 17.9. The van der Waals surface area contributed by atoms with Crippen molar-refractivity contribution in [2.45, 2.75) is 26.4 Å². The third-order valence-electron chi connectivity index (χ3n) is 6.05. The molecule has 2 heterocycles. The van der Waals surface area contributed by atoms with Crippen LogP contribution in [-0.4, -0.2) is 40.9 Å². The lowest BCUT2D eigenvalue weighted by Crippen LogP contribution is -2.28. The smallest absolute Gasteiger partial charge is 0.317 e. The normalized spacial score (nSPS) is 12.2. The van der Waals surface area contributed by atoms with Gasteiger partial charge >= 0.3 is 5.97 Å². The Morgan fingerprint density at radius 2 is 1.70 bits per heavy atom. The molecule has 8 heteroatoms. The number of carbonyl (C=O) groups is 1. The quantitative estimate of drug-likeness (QED) is 0.304. The van der Waals surface area contributed by atoms with E-state index in [1.807, 2.05) is 84.6 Å². The maximum absolute atomic E-state index is 11.5. The minimum absolute atomic E-state index is 0.0747. The predicted molar refractivity (Wildman–Crippen MR) is 137 cm³/mol. The van der Waals surface area contributed by atoms with E-state index in [9.17, 15) is 9.90 Å². The van der Waals surface area contributed by atoms with Crippen molar-refractivity contribution in [1.29, 1.82) is 0 Å². The van der Waals surface area contributed by atoms with Gasteiger partial charge in [0.15, 0.2) is 11.5 Å². The lowest BCUT2D eigenvalue weighted by atomic mass is 10.1. The van der Waals surface area contributed by atoms with Gasteiger partial charge < -0.3 is 23.7 Å². The number of benzene rings is 3. The van der Waals surface area contributed by atoms with Gasteiger partial charge in [0.1, 0.15) is 11.5 Å². The van der Waals surface area contributed by atoms with E-state index in [0.717, 1.165) is 33.9 Å². The number of oxazole rings is 1. The van der Waals surface area contributed by atoms with E-state index in [0.29, 0.717) is 43.5 Å². The first kappa shape index (κ1) is 24.4. The van der Waals surface area contributed by atoms with E-state index in [1.165, 1.54) is 0 Å². The summed E-state index contributed by atoms with van der Waals surface area (Å²) in [6.45, 7) is 3.48. The van der Waals surface area contributed by atoms with Crippen molar-refractivity contribution in [1.82, 2.24) is 9.88 Å². The number of carboxylic acid groups (broad SMARTS) is 1. The van der Waals surface area contributed by atoms with Gasteiger partial charge in [-0.05, 0) is 54.4 Å². The molecule has 0 amide bonds. The highest BCUT2D eigenvalue weighted by molar-refractivity contribution is 5.69. The summed E-state index contributed by atoms with van der Waals surface area (Å²) in [7, 11) is 0. The molecule has 0 radical (unpaired) electrons. The second-order valence-electron chi connectivity index (χ2n) is 8.86. The maximum Gasteiger partial charge on any atom is 0.317 e. The third-order valence-corrected chi connectivity index (χ3v) is 6.05. The number of carboxylic acids is 1. The summed E-state index contributed by atoms with van der Waals surface area (Å²) < 4.78 is 22.5. The highest BCUT2D eigenvalue weighted by Gasteiger charge is 2.17. The average molecular weight is 501 g/mol. The van der Waals surface area contributed by atoms with Crippen LogP contribution < -0.4 is 14.2 Å². The second-order valence-corrected chi connectivity index (χ2v) is 8.86. The van der Waals surface area contributed by atoms with E-state index in [4.69, 9.17) is 18.6 Å². The van der Waals surface area contributed by atoms with E-state index >= 15 is 0 Å². The Hall–Kier alpha value is -4.30. The Labute approximate surface area is 215 Å². The van der Waals surface area contributed by atoms with Gasteiger partial charge in [0.2, 0.25) is 12.7 Å². The maximum atomic E-state index is 11.5. The van der Waals surface area contributed by atoms with Crippen LogP contribution in [0, 0.1) is 6.92 Å². The summed E-state index contributed by atoms with van der Waals surface area (Å²) in [5.74, 6) is 2.67. The number of ether oxygens (including phenoxy) is 3. The number of hydrogen-bond acceptors (Lipinski definition) is 7. The highest BCUT2D eigenvalue weighted by atomic mass is 16.7. The first-order valence-electron chi connectivity index (χ1n) is 12.1. The number of aryl methyl sites for hydroxylation is 1. The highest BCUT2D eigenvalue weighted by Crippen LogP contribution is 2.33. The summed E-state index contributed by atoms with van der Waals surface area (Å²) in [5, 5.41) is 9.40. The summed E-state index contributed by atoms with van der Waals surface area (Å²) >= 11 is 0. The zero-order valence-electron chi connectivity index (χ0n) is 20.6. The fourth-order valence-corrected chi connectivity index (χ4v) is 4.24. The lowest BCUT2D eigenvalue weighted by Gasteiger charge is -2.21. The Morgan fingerprint density at radius 3 is 2.49 bits per heavy atom. The van der Waals surface area contributed by atoms with Crippen LogP contribution in [0.2, 0.25) is 0 Å². The third kappa shape index (κ3) is 6.29. The van der Waals surface area contributed by atoms with Crippen molar-refractivity contribution in [2.24, 2.45) is 0 Å². The average Bonchev–Trinajstić information content (AvgIpc) is 3.51. The molecule has 1 N–H and O–H groups in total. The Morgan fingerprint density at radius 1 is 0.973 bits per heavy atom. The minimum atomic E-state index is -0.876. The lowest BCUT2D eigenvalue weighted by molar-refractivity contribution is -0.138. The SMILES string of the molecule is Cc1oc(-c2ccccc2)nc1CCOc1ccc(CN(CC(=O)O)Cc2ccc3c(c2)OCO3)cc1. The molecule has 0 atom stereocenters. The standard InChI is InChI=1S/C29H28N2O6/c1-20-25(30-29(37-20)23-5-3-2-4-6-23)13-14-34-24-10-7-21(8-11-24)16-31(18-28(32)33)17-22-9-12-26-27(15-22)36-19-35-26/h2-12,15H,13-14,16-19H2,1H3,(H,32,33). The van der Waals surface area contributed by atoms with Crippen LogP contribution in [0.4, 0.5) is 0 Å². The number of rotatable bonds is 11. The van der Waals surface area contributed by atoms with Gasteiger partial charge in [-0.2, -0.15) is 0 Å². The molecule has 0 fully saturated rings. The van der Waals surface area contributed by atoms with E-state index in [2.05, 4.69) is 4.98 Å². The summed E-state index contributed by atoms with van der Waals surface area (Å²) in [6, 6.07) is 23.2. The van der Waals surface area contributed by atoms with Gasteiger partial charge in [-0.15, -0.1) is 0 Å². The monoisotopic (exact) mass is 500 g/mol. The fourth-order valence-electron chi connectivity index (χ4n) is 4.24. The van der Waals surface area contributed by atoms with Gasteiger partial charge in [0.25, 0.3) is 0 Å². The van der Waals surface area contributed by atoms with Crippen LogP contribution in [-0.2, 0) is 24.3 Å². The van der Waals surface area contributed by atoms with Crippen LogP contribution in [0.3, 0.4) is 0 Å². The van der Waals surface area contributed by atoms with Crippen LogP contribution in [0.25, 0.3) is 11.5 Å². The van der Waals surface area contributed by atoms with Gasteiger partial charge in [-0.25, -0.2) is 4.98 Å². The van der Waals surface area contributed by atoms with Crippen LogP contribution in [0.1, 0.15) is 22.6 Å². The molecule has 190 valence electrons. The Bertz CT molecular complexity index is 1350. The van der Waals surface area contributed by atoms with Crippen molar-refractivity contribution >= 4 is 5.97 Å². The minimum Gasteiger partial charge on any atom is -0.493 e. The molecule has 0 aliphatic carbocycles. The molecule has 0 saturated carbocycles. The molecule has 4 aromatic rings. The largest absolute Gasteiger partial charge is 0.493 e. The molecule has 1 aromatic heterocycles. The topological polar surface area (TPSA) is 94.3 Å². The predicted octanol–water partition coefficient (Wildman–Crippen LogP) is 5.09. The second kappa shape index (κ2) is 11.2. The summed E-state index contributed by atoms with van der Waals surface area (Å²) in [5.41, 5.74) is 3.78. The number of nitrogens with zero attached hydrogens (tertiary/aromatic N) is 2. The Kier molecular flexibility index (Phi) is 7.37. The van der Waals surface area contributed by atoms with Crippen molar-refractivity contribution in [3.8, 4) is 28.7 Å². The molecule has 0 spiro atoms. The first-order valence-corrected chi connectivity index (χ1v) is 12.1. The fraction of sp³-hybridized carbons (Fsp3) is 0.241.